The predicted octanol–water partition coefficient (Wildman–Crippen LogP) is 1.79. The maximum absolute atomic E-state index is 5.43. The number of alkyl halides is 1. The van der Waals surface area contributed by atoms with Gasteiger partial charge in [0.05, 0.1) is 23.7 Å². The Balaban J connectivity index is 2.12. The van der Waals surface area contributed by atoms with Gasteiger partial charge in [0.15, 0.2) is 0 Å². The number of aromatic nitrogens is 3. The number of hydrogen-bond acceptors (Lipinski definition) is 4. The average Bonchev–Trinajstić information content (AvgIpc) is 2.72. The first-order valence-electron chi connectivity index (χ1n) is 5.35. The van der Waals surface area contributed by atoms with Gasteiger partial charge < -0.3 is 9.47 Å². The molecule has 1 rings (SSSR count). The molecule has 0 bridgehead atoms. The summed E-state index contributed by atoms with van der Waals surface area (Å²) in [4.78, 5) is 0.240. The number of ether oxygens (including phenoxy) is 2. The number of nitrogens with zero attached hydrogens (tertiary/aromatic N) is 3. The van der Waals surface area contributed by atoms with Crippen LogP contribution in [0.4, 0.5) is 0 Å². The minimum absolute atomic E-state index is 0.240. The molecule has 0 saturated heterocycles. The van der Waals surface area contributed by atoms with Crippen LogP contribution >= 0.6 is 15.9 Å². The van der Waals surface area contributed by atoms with Crippen molar-refractivity contribution >= 4 is 15.9 Å². The van der Waals surface area contributed by atoms with Crippen LogP contribution in [0.5, 0.6) is 0 Å². The average molecular weight is 292 g/mol. The van der Waals surface area contributed by atoms with E-state index in [9.17, 15) is 0 Å². The maximum Gasteiger partial charge on any atom is 0.0960 e. The number of halogens is 1. The first-order chi connectivity index (χ1) is 7.74. The third kappa shape index (κ3) is 5.05. The van der Waals surface area contributed by atoms with Crippen LogP contribution in [0.25, 0.3) is 0 Å². The number of rotatable bonds is 8. The molecule has 6 heteroatoms. The Hall–Kier alpha value is -0.460. The van der Waals surface area contributed by atoms with Crippen LogP contribution in [0, 0.1) is 0 Å². The van der Waals surface area contributed by atoms with E-state index >= 15 is 0 Å². The molecule has 0 radical (unpaired) electrons. The van der Waals surface area contributed by atoms with Crippen molar-refractivity contribution in [3.05, 3.63) is 11.9 Å². The van der Waals surface area contributed by atoms with E-state index in [1.165, 1.54) is 0 Å². The molecule has 5 nitrogen and oxygen atoms in total. The van der Waals surface area contributed by atoms with Crippen molar-refractivity contribution in [3.8, 4) is 0 Å². The van der Waals surface area contributed by atoms with E-state index in [-0.39, 0.29) is 4.83 Å². The van der Waals surface area contributed by atoms with Crippen molar-refractivity contribution in [1.82, 2.24) is 15.0 Å². The first kappa shape index (κ1) is 13.6. The zero-order valence-electron chi connectivity index (χ0n) is 9.73. The van der Waals surface area contributed by atoms with E-state index in [2.05, 4.69) is 26.2 Å². The van der Waals surface area contributed by atoms with Crippen molar-refractivity contribution in [2.24, 2.45) is 0 Å². The molecule has 1 atom stereocenters. The smallest absolute Gasteiger partial charge is 0.0960 e. The van der Waals surface area contributed by atoms with Gasteiger partial charge >= 0.3 is 0 Å². The van der Waals surface area contributed by atoms with Gasteiger partial charge in [-0.15, -0.1) is 5.10 Å². The lowest BCUT2D eigenvalue weighted by atomic mass is 10.4. The molecular weight excluding hydrogens is 274 g/mol. The van der Waals surface area contributed by atoms with Crippen LogP contribution < -0.4 is 0 Å². The summed E-state index contributed by atoms with van der Waals surface area (Å²) in [7, 11) is 1.69. The molecule has 0 aliphatic rings. The van der Waals surface area contributed by atoms with Gasteiger partial charge in [0, 0.05) is 26.5 Å². The Bertz CT molecular complexity index is 291. The molecule has 1 aromatic heterocycles. The van der Waals surface area contributed by atoms with Crippen LogP contribution in [-0.4, -0.2) is 41.9 Å². The van der Waals surface area contributed by atoms with Gasteiger partial charge in [0.25, 0.3) is 0 Å². The first-order valence-corrected chi connectivity index (χ1v) is 6.26. The van der Waals surface area contributed by atoms with Gasteiger partial charge in [-0.3, -0.25) is 0 Å². The molecule has 0 aliphatic carbocycles. The molecule has 0 spiro atoms. The summed E-state index contributed by atoms with van der Waals surface area (Å²) in [6.07, 6.45) is 2.86. The topological polar surface area (TPSA) is 49.2 Å². The second-order valence-corrected chi connectivity index (χ2v) is 4.85. The summed E-state index contributed by atoms with van der Waals surface area (Å²) >= 11 is 3.45. The normalized spacial score (nSPS) is 12.9. The highest BCUT2D eigenvalue weighted by molar-refractivity contribution is 9.09. The fourth-order valence-corrected chi connectivity index (χ4v) is 1.38. The van der Waals surface area contributed by atoms with E-state index in [1.54, 1.807) is 11.8 Å². The predicted molar refractivity (Wildman–Crippen MR) is 64.7 cm³/mol. The largest absolute Gasteiger partial charge is 0.385 e. The summed E-state index contributed by atoms with van der Waals surface area (Å²) in [6.45, 7) is 4.89. The lowest BCUT2D eigenvalue weighted by Crippen LogP contribution is -2.08. The van der Waals surface area contributed by atoms with Crippen molar-refractivity contribution < 1.29 is 9.47 Å². The molecule has 1 aromatic rings. The van der Waals surface area contributed by atoms with Crippen molar-refractivity contribution in [2.75, 3.05) is 26.9 Å². The molecule has 0 amide bonds. The third-order valence-corrected chi connectivity index (χ3v) is 2.53. The lowest BCUT2D eigenvalue weighted by Gasteiger charge is -2.03. The Morgan fingerprint density at radius 3 is 2.88 bits per heavy atom. The fraction of sp³-hybridized carbons (Fsp3) is 0.800. The van der Waals surface area contributed by atoms with Crippen molar-refractivity contribution in [1.29, 1.82) is 0 Å². The van der Waals surface area contributed by atoms with E-state index < -0.39 is 0 Å². The second-order valence-electron chi connectivity index (χ2n) is 3.48. The SMILES string of the molecule is COCCCOCCn1cc(C(C)Br)nn1. The summed E-state index contributed by atoms with van der Waals surface area (Å²) in [5.74, 6) is 0. The van der Waals surface area contributed by atoms with Crippen molar-refractivity contribution in [2.45, 2.75) is 24.7 Å². The van der Waals surface area contributed by atoms with Crippen LogP contribution in [0.3, 0.4) is 0 Å². The summed E-state index contributed by atoms with van der Waals surface area (Å²) in [5.41, 5.74) is 0.944. The van der Waals surface area contributed by atoms with Gasteiger partial charge in [0.2, 0.25) is 0 Å². The molecule has 0 aliphatic heterocycles. The molecule has 0 N–H and O–H groups in total. The number of methoxy groups -OCH3 is 1. The van der Waals surface area contributed by atoms with Crippen molar-refractivity contribution in [3.63, 3.8) is 0 Å². The summed E-state index contributed by atoms with van der Waals surface area (Å²) in [6, 6.07) is 0. The third-order valence-electron chi connectivity index (χ3n) is 2.07. The molecule has 0 saturated carbocycles. The van der Waals surface area contributed by atoms with Crippen LogP contribution in [0.2, 0.25) is 0 Å². The fourth-order valence-electron chi connectivity index (χ4n) is 1.17. The zero-order valence-corrected chi connectivity index (χ0v) is 11.3. The highest BCUT2D eigenvalue weighted by atomic mass is 79.9. The monoisotopic (exact) mass is 291 g/mol. The Morgan fingerprint density at radius 2 is 2.25 bits per heavy atom. The van der Waals surface area contributed by atoms with E-state index in [0.717, 1.165) is 31.9 Å². The lowest BCUT2D eigenvalue weighted by molar-refractivity contribution is 0.0958. The number of hydrogen-bond donors (Lipinski definition) is 0. The summed E-state index contributed by atoms with van der Waals surface area (Å²) < 4.78 is 12.1. The Labute approximate surface area is 104 Å². The van der Waals surface area contributed by atoms with Gasteiger partial charge in [0.1, 0.15) is 0 Å². The maximum atomic E-state index is 5.43. The minimum atomic E-state index is 0.240. The van der Waals surface area contributed by atoms with Crippen LogP contribution in [0.15, 0.2) is 6.20 Å². The standard InChI is InChI=1S/C10H18BrN3O2/c1-9(11)10-8-14(13-12-10)4-7-16-6-3-5-15-2/h8-9H,3-7H2,1-2H3. The van der Waals surface area contributed by atoms with Gasteiger partial charge in [-0.1, -0.05) is 21.1 Å². The molecule has 0 aromatic carbocycles. The molecule has 1 unspecified atom stereocenters. The highest BCUT2D eigenvalue weighted by Crippen LogP contribution is 2.17. The quantitative estimate of drug-likeness (QED) is 0.541. The zero-order chi connectivity index (χ0) is 11.8. The molecule has 92 valence electrons. The highest BCUT2D eigenvalue weighted by Gasteiger charge is 2.05. The second kappa shape index (κ2) is 7.76. The van der Waals surface area contributed by atoms with E-state index in [1.807, 2.05) is 13.1 Å². The molecule has 1 heterocycles. The van der Waals surface area contributed by atoms with Gasteiger partial charge in [-0.25, -0.2) is 4.68 Å². The Morgan fingerprint density at radius 1 is 1.44 bits per heavy atom. The summed E-state index contributed by atoms with van der Waals surface area (Å²) in [5, 5.41) is 8.04. The van der Waals surface area contributed by atoms with Gasteiger partial charge in [-0.05, 0) is 13.3 Å². The van der Waals surface area contributed by atoms with E-state index in [0.29, 0.717) is 6.61 Å². The van der Waals surface area contributed by atoms with Crippen LogP contribution in [-0.2, 0) is 16.0 Å². The minimum Gasteiger partial charge on any atom is -0.385 e. The van der Waals surface area contributed by atoms with Gasteiger partial charge in [-0.2, -0.15) is 0 Å². The molecule has 0 fully saturated rings. The molecular formula is C10H18BrN3O2. The Kier molecular flexibility index (Phi) is 6.59. The molecule has 16 heavy (non-hydrogen) atoms. The van der Waals surface area contributed by atoms with E-state index in [4.69, 9.17) is 9.47 Å². The van der Waals surface area contributed by atoms with Crippen LogP contribution in [0.1, 0.15) is 23.9 Å².